The van der Waals surface area contributed by atoms with Crippen molar-refractivity contribution in [2.45, 2.75) is 18.9 Å². The van der Waals surface area contributed by atoms with Gasteiger partial charge in [-0.15, -0.1) is 0 Å². The fraction of sp³-hybridized carbons (Fsp3) is 0.417. The van der Waals surface area contributed by atoms with Gasteiger partial charge in [0.25, 0.3) is 0 Å². The number of halogens is 1. The number of benzene rings is 1. The molecule has 0 aliphatic carbocycles. The fourth-order valence-corrected chi connectivity index (χ4v) is 2.18. The highest BCUT2D eigenvalue weighted by atomic mass is 32.1. The second kappa shape index (κ2) is 5.42. The molecule has 0 bridgehead atoms. The SMILES string of the molecule is NC(=S)c1c(F)cccc1NC1CCCOC1. The van der Waals surface area contributed by atoms with Crippen LogP contribution >= 0.6 is 12.2 Å². The lowest BCUT2D eigenvalue weighted by atomic mass is 10.1. The minimum Gasteiger partial charge on any atom is -0.389 e. The number of nitrogens with one attached hydrogen (secondary N) is 1. The summed E-state index contributed by atoms with van der Waals surface area (Å²) < 4.78 is 19.0. The minimum atomic E-state index is -0.390. The predicted octanol–water partition coefficient (Wildman–Crippen LogP) is 2.05. The van der Waals surface area contributed by atoms with E-state index in [-0.39, 0.29) is 22.4 Å². The topological polar surface area (TPSA) is 47.3 Å². The molecule has 1 aromatic carbocycles. The Morgan fingerprint density at radius 3 is 3.00 bits per heavy atom. The zero-order chi connectivity index (χ0) is 12.3. The van der Waals surface area contributed by atoms with Crippen molar-refractivity contribution in [3.05, 3.63) is 29.6 Å². The molecule has 3 N–H and O–H groups in total. The second-order valence-corrected chi connectivity index (χ2v) is 4.52. The van der Waals surface area contributed by atoms with Gasteiger partial charge in [-0.3, -0.25) is 0 Å². The molecule has 1 aliphatic rings. The Kier molecular flexibility index (Phi) is 3.91. The van der Waals surface area contributed by atoms with Crippen LogP contribution < -0.4 is 11.1 Å². The zero-order valence-corrected chi connectivity index (χ0v) is 10.2. The van der Waals surface area contributed by atoms with Crippen LogP contribution in [0, 0.1) is 5.82 Å². The summed E-state index contributed by atoms with van der Waals surface area (Å²) >= 11 is 4.87. The number of rotatable bonds is 3. The second-order valence-electron chi connectivity index (χ2n) is 4.09. The molecule has 5 heteroatoms. The van der Waals surface area contributed by atoms with Crippen molar-refractivity contribution in [1.29, 1.82) is 0 Å². The summed E-state index contributed by atoms with van der Waals surface area (Å²) in [6.07, 6.45) is 2.02. The van der Waals surface area contributed by atoms with Gasteiger partial charge < -0.3 is 15.8 Å². The highest BCUT2D eigenvalue weighted by molar-refractivity contribution is 7.80. The lowest BCUT2D eigenvalue weighted by molar-refractivity contribution is 0.0876. The Bertz CT molecular complexity index is 419. The third-order valence-electron chi connectivity index (χ3n) is 2.78. The Morgan fingerprint density at radius 2 is 2.35 bits per heavy atom. The van der Waals surface area contributed by atoms with E-state index in [1.807, 2.05) is 0 Å². The van der Waals surface area contributed by atoms with Crippen LogP contribution in [0.4, 0.5) is 10.1 Å². The lowest BCUT2D eigenvalue weighted by Gasteiger charge is -2.25. The summed E-state index contributed by atoms with van der Waals surface area (Å²) in [5.74, 6) is -0.390. The third kappa shape index (κ3) is 2.92. The van der Waals surface area contributed by atoms with Crippen LogP contribution in [0.2, 0.25) is 0 Å². The first-order valence-corrected chi connectivity index (χ1v) is 6.02. The summed E-state index contributed by atoms with van der Waals surface area (Å²) in [6, 6.07) is 4.98. The average molecular weight is 254 g/mol. The molecule has 0 aromatic heterocycles. The van der Waals surface area contributed by atoms with Crippen molar-refractivity contribution in [3.63, 3.8) is 0 Å². The van der Waals surface area contributed by atoms with E-state index < -0.39 is 0 Å². The van der Waals surface area contributed by atoms with Gasteiger partial charge in [-0.05, 0) is 25.0 Å². The molecule has 2 rings (SSSR count). The van der Waals surface area contributed by atoms with Crippen molar-refractivity contribution >= 4 is 22.9 Å². The van der Waals surface area contributed by atoms with Gasteiger partial charge in [0.05, 0.1) is 12.2 Å². The van der Waals surface area contributed by atoms with E-state index in [1.54, 1.807) is 12.1 Å². The first kappa shape index (κ1) is 12.3. The van der Waals surface area contributed by atoms with Gasteiger partial charge in [-0.2, -0.15) is 0 Å². The smallest absolute Gasteiger partial charge is 0.135 e. The van der Waals surface area contributed by atoms with E-state index in [0.717, 1.165) is 19.4 Å². The number of thiocarbonyl (C=S) groups is 1. The molecular formula is C12H15FN2OS. The molecule has 92 valence electrons. The Balaban J connectivity index is 2.19. The van der Waals surface area contributed by atoms with Gasteiger partial charge in [0, 0.05) is 18.3 Å². The minimum absolute atomic E-state index is 0.0716. The summed E-state index contributed by atoms with van der Waals surface area (Å²) in [5.41, 5.74) is 6.47. The van der Waals surface area contributed by atoms with Gasteiger partial charge in [0.2, 0.25) is 0 Å². The standard InChI is InChI=1S/C12H15FN2OS/c13-9-4-1-5-10(11(9)12(14)17)15-8-3-2-6-16-7-8/h1,4-5,8,15H,2-3,6-7H2,(H2,14,17). The first-order valence-electron chi connectivity index (χ1n) is 5.61. The summed E-state index contributed by atoms with van der Waals surface area (Å²) in [6.45, 7) is 1.43. The van der Waals surface area contributed by atoms with Crippen molar-refractivity contribution in [1.82, 2.24) is 0 Å². The number of nitrogens with two attached hydrogens (primary N) is 1. The van der Waals surface area contributed by atoms with Crippen molar-refractivity contribution in [2.75, 3.05) is 18.5 Å². The maximum atomic E-state index is 13.6. The molecule has 0 saturated carbocycles. The van der Waals surface area contributed by atoms with Crippen LogP contribution in [0.25, 0.3) is 0 Å². The van der Waals surface area contributed by atoms with Crippen LogP contribution in [-0.4, -0.2) is 24.2 Å². The molecule has 1 fully saturated rings. The van der Waals surface area contributed by atoms with E-state index in [2.05, 4.69) is 5.32 Å². The molecule has 1 heterocycles. The normalized spacial score (nSPS) is 19.9. The van der Waals surface area contributed by atoms with Gasteiger partial charge in [0.15, 0.2) is 0 Å². The van der Waals surface area contributed by atoms with E-state index in [0.29, 0.717) is 12.3 Å². The molecule has 17 heavy (non-hydrogen) atoms. The number of ether oxygens (including phenoxy) is 1. The summed E-state index contributed by atoms with van der Waals surface area (Å²) in [4.78, 5) is 0.0716. The molecule has 0 amide bonds. The van der Waals surface area contributed by atoms with Gasteiger partial charge in [0.1, 0.15) is 10.8 Å². The zero-order valence-electron chi connectivity index (χ0n) is 9.41. The van der Waals surface area contributed by atoms with E-state index >= 15 is 0 Å². The van der Waals surface area contributed by atoms with Gasteiger partial charge >= 0.3 is 0 Å². The van der Waals surface area contributed by atoms with Crippen LogP contribution in [-0.2, 0) is 4.74 Å². The lowest BCUT2D eigenvalue weighted by Crippen LogP contribution is -2.31. The third-order valence-corrected chi connectivity index (χ3v) is 2.98. The highest BCUT2D eigenvalue weighted by Crippen LogP contribution is 2.21. The molecular weight excluding hydrogens is 239 g/mol. The molecule has 1 atom stereocenters. The van der Waals surface area contributed by atoms with E-state index in [1.165, 1.54) is 6.07 Å². The highest BCUT2D eigenvalue weighted by Gasteiger charge is 2.17. The summed E-state index contributed by atoms with van der Waals surface area (Å²) in [5, 5.41) is 3.24. The molecule has 3 nitrogen and oxygen atoms in total. The molecule has 1 aromatic rings. The largest absolute Gasteiger partial charge is 0.389 e. The van der Waals surface area contributed by atoms with Crippen molar-refractivity contribution < 1.29 is 9.13 Å². The molecule has 0 radical (unpaired) electrons. The van der Waals surface area contributed by atoms with Crippen LogP contribution in [0.15, 0.2) is 18.2 Å². The molecule has 1 unspecified atom stereocenters. The monoisotopic (exact) mass is 254 g/mol. The van der Waals surface area contributed by atoms with Gasteiger partial charge in [-0.25, -0.2) is 4.39 Å². The van der Waals surface area contributed by atoms with Crippen LogP contribution in [0.5, 0.6) is 0 Å². The number of hydrogen-bond donors (Lipinski definition) is 2. The van der Waals surface area contributed by atoms with E-state index in [9.17, 15) is 4.39 Å². The van der Waals surface area contributed by atoms with Crippen molar-refractivity contribution in [2.24, 2.45) is 5.73 Å². The predicted molar refractivity (Wildman–Crippen MR) is 69.8 cm³/mol. The molecule has 1 aliphatic heterocycles. The molecule has 1 saturated heterocycles. The Hall–Kier alpha value is -1.20. The Labute approximate surface area is 105 Å². The summed E-state index contributed by atoms with van der Waals surface area (Å²) in [7, 11) is 0. The van der Waals surface area contributed by atoms with E-state index in [4.69, 9.17) is 22.7 Å². The average Bonchev–Trinajstić information content (AvgIpc) is 2.30. The quantitative estimate of drug-likeness (QED) is 0.810. The first-order chi connectivity index (χ1) is 8.18. The van der Waals surface area contributed by atoms with Crippen LogP contribution in [0.1, 0.15) is 18.4 Å². The maximum absolute atomic E-state index is 13.6. The molecule has 0 spiro atoms. The van der Waals surface area contributed by atoms with Gasteiger partial charge in [-0.1, -0.05) is 18.3 Å². The number of anilines is 1. The maximum Gasteiger partial charge on any atom is 0.135 e. The van der Waals surface area contributed by atoms with Crippen LogP contribution in [0.3, 0.4) is 0 Å². The number of hydrogen-bond acceptors (Lipinski definition) is 3. The fourth-order valence-electron chi connectivity index (χ4n) is 1.97. The van der Waals surface area contributed by atoms with Crippen molar-refractivity contribution in [3.8, 4) is 0 Å². The Morgan fingerprint density at radius 1 is 1.53 bits per heavy atom.